The molecule has 0 saturated heterocycles. The van der Waals surface area contributed by atoms with E-state index in [1.165, 1.54) is 19.2 Å². The zero-order chi connectivity index (χ0) is 11.3. The van der Waals surface area contributed by atoms with Gasteiger partial charge in [0.25, 0.3) is 0 Å². The minimum absolute atomic E-state index is 0.0689. The second-order valence-electron chi connectivity index (χ2n) is 4.42. The van der Waals surface area contributed by atoms with E-state index in [1.807, 2.05) is 0 Å². The summed E-state index contributed by atoms with van der Waals surface area (Å²) in [5, 5.41) is 3.20. The van der Waals surface area contributed by atoms with Crippen molar-refractivity contribution in [2.45, 2.75) is 24.4 Å². The fourth-order valence-electron chi connectivity index (χ4n) is 2.62. The van der Waals surface area contributed by atoms with Crippen LogP contribution in [-0.4, -0.2) is 18.6 Å². The molecule has 0 unspecified atom stereocenters. The minimum Gasteiger partial charge on any atom is -0.468 e. The molecular weight excluding hydrogens is 209 g/mol. The minimum atomic E-state index is -0.588. The maximum Gasteiger partial charge on any atom is 0.326 e. The molecule has 0 radical (unpaired) electrons. The molecule has 0 amide bonds. The first-order valence-electron chi connectivity index (χ1n) is 5.29. The van der Waals surface area contributed by atoms with Gasteiger partial charge in [-0.2, -0.15) is 0 Å². The molecule has 1 aromatic carbocycles. The fourth-order valence-corrected chi connectivity index (χ4v) is 2.62. The molecule has 4 heteroatoms. The Morgan fingerprint density at radius 3 is 3.19 bits per heavy atom. The number of benzene rings is 1. The van der Waals surface area contributed by atoms with Crippen molar-refractivity contribution >= 4 is 5.97 Å². The average Bonchev–Trinajstić information content (AvgIpc) is 3.04. The first-order chi connectivity index (χ1) is 7.67. The van der Waals surface area contributed by atoms with E-state index in [0.717, 1.165) is 11.1 Å². The monoisotopic (exact) mass is 221 g/mol. The quantitative estimate of drug-likeness (QED) is 0.727. The molecule has 0 aromatic heterocycles. The van der Waals surface area contributed by atoms with Gasteiger partial charge in [-0.25, -0.2) is 4.39 Å². The van der Waals surface area contributed by atoms with Crippen molar-refractivity contribution in [1.29, 1.82) is 0 Å². The second kappa shape index (κ2) is 3.04. The third-order valence-electron chi connectivity index (χ3n) is 3.59. The standard InChI is InChI=1S/C12H12FNO2/c1-16-11(15)12-5-10(12)9-4-8(13)3-2-7(9)6-14-12/h2-4,10,14H,5-6H2,1H3/t10-,12-/m1/s1. The molecule has 0 bridgehead atoms. The topological polar surface area (TPSA) is 38.3 Å². The van der Waals surface area contributed by atoms with Gasteiger partial charge in [0.15, 0.2) is 0 Å². The molecule has 1 aliphatic carbocycles. The highest BCUT2D eigenvalue weighted by atomic mass is 19.1. The maximum absolute atomic E-state index is 13.2. The Kier molecular flexibility index (Phi) is 1.86. The number of carbonyl (C=O) groups is 1. The third kappa shape index (κ3) is 1.13. The lowest BCUT2D eigenvalue weighted by Gasteiger charge is -2.23. The van der Waals surface area contributed by atoms with Gasteiger partial charge >= 0.3 is 5.97 Å². The van der Waals surface area contributed by atoms with Gasteiger partial charge in [-0.1, -0.05) is 6.07 Å². The Hall–Kier alpha value is -1.42. The van der Waals surface area contributed by atoms with Crippen LogP contribution in [-0.2, 0) is 16.1 Å². The summed E-state index contributed by atoms with van der Waals surface area (Å²) in [6.07, 6.45) is 0.704. The van der Waals surface area contributed by atoms with E-state index in [4.69, 9.17) is 4.74 Å². The molecule has 2 atom stereocenters. The molecule has 1 saturated carbocycles. The summed E-state index contributed by atoms with van der Waals surface area (Å²) in [7, 11) is 1.38. The maximum atomic E-state index is 13.2. The van der Waals surface area contributed by atoms with Gasteiger partial charge in [0.05, 0.1) is 7.11 Å². The van der Waals surface area contributed by atoms with Gasteiger partial charge in [0.1, 0.15) is 11.4 Å². The van der Waals surface area contributed by atoms with Crippen LogP contribution < -0.4 is 5.32 Å². The zero-order valence-electron chi connectivity index (χ0n) is 8.92. The van der Waals surface area contributed by atoms with Crippen molar-refractivity contribution in [2.75, 3.05) is 7.11 Å². The Morgan fingerprint density at radius 1 is 1.62 bits per heavy atom. The highest BCUT2D eigenvalue weighted by Gasteiger charge is 2.63. The van der Waals surface area contributed by atoms with Crippen molar-refractivity contribution in [1.82, 2.24) is 5.32 Å². The molecule has 3 nitrogen and oxygen atoms in total. The fraction of sp³-hybridized carbons (Fsp3) is 0.417. The molecule has 1 aliphatic heterocycles. The number of hydrogen-bond acceptors (Lipinski definition) is 3. The van der Waals surface area contributed by atoms with Crippen molar-refractivity contribution < 1.29 is 13.9 Å². The predicted octanol–water partition coefficient (Wildman–Crippen LogP) is 1.33. The van der Waals surface area contributed by atoms with E-state index >= 15 is 0 Å². The van der Waals surface area contributed by atoms with Gasteiger partial charge in [0, 0.05) is 12.5 Å². The normalized spacial score (nSPS) is 30.2. The first-order valence-corrected chi connectivity index (χ1v) is 5.29. The van der Waals surface area contributed by atoms with E-state index in [1.54, 1.807) is 6.07 Å². The summed E-state index contributed by atoms with van der Waals surface area (Å²) >= 11 is 0. The van der Waals surface area contributed by atoms with Crippen LogP contribution in [0.15, 0.2) is 18.2 Å². The summed E-state index contributed by atoms with van der Waals surface area (Å²) in [5.41, 5.74) is 1.43. The zero-order valence-corrected chi connectivity index (χ0v) is 8.92. The summed E-state index contributed by atoms with van der Waals surface area (Å²) in [6.45, 7) is 0.598. The van der Waals surface area contributed by atoms with Gasteiger partial charge in [0.2, 0.25) is 0 Å². The number of nitrogens with one attached hydrogen (secondary N) is 1. The van der Waals surface area contributed by atoms with Crippen LogP contribution in [0, 0.1) is 5.82 Å². The SMILES string of the molecule is COC(=O)[C@@]12C[C@@H]1c1cc(F)ccc1CN2. The Balaban J connectivity index is 2.00. The molecule has 1 heterocycles. The van der Waals surface area contributed by atoms with Crippen LogP contribution in [0.2, 0.25) is 0 Å². The van der Waals surface area contributed by atoms with E-state index in [0.29, 0.717) is 13.0 Å². The van der Waals surface area contributed by atoms with Crippen LogP contribution in [0.25, 0.3) is 0 Å². The van der Waals surface area contributed by atoms with Crippen molar-refractivity contribution in [3.05, 3.63) is 35.1 Å². The van der Waals surface area contributed by atoms with Gasteiger partial charge in [-0.05, 0) is 29.7 Å². The van der Waals surface area contributed by atoms with E-state index in [-0.39, 0.29) is 17.7 Å². The largest absolute Gasteiger partial charge is 0.468 e. The number of methoxy groups -OCH3 is 1. The van der Waals surface area contributed by atoms with E-state index < -0.39 is 5.54 Å². The average molecular weight is 221 g/mol. The molecule has 84 valence electrons. The van der Waals surface area contributed by atoms with Gasteiger partial charge in [-0.3, -0.25) is 10.1 Å². The predicted molar refractivity (Wildman–Crippen MR) is 55.3 cm³/mol. The molecule has 0 spiro atoms. The van der Waals surface area contributed by atoms with Crippen molar-refractivity contribution in [2.24, 2.45) is 0 Å². The van der Waals surface area contributed by atoms with Crippen LogP contribution in [0.4, 0.5) is 4.39 Å². The van der Waals surface area contributed by atoms with Crippen LogP contribution in [0.1, 0.15) is 23.5 Å². The third-order valence-corrected chi connectivity index (χ3v) is 3.59. The van der Waals surface area contributed by atoms with Crippen LogP contribution in [0.3, 0.4) is 0 Å². The number of esters is 1. The first kappa shape index (κ1) is 9.78. The lowest BCUT2D eigenvalue weighted by atomic mass is 9.96. The number of fused-ring (bicyclic) bond motifs is 3. The second-order valence-corrected chi connectivity index (χ2v) is 4.42. The van der Waals surface area contributed by atoms with Crippen LogP contribution in [0.5, 0.6) is 0 Å². The van der Waals surface area contributed by atoms with Crippen LogP contribution >= 0.6 is 0 Å². The van der Waals surface area contributed by atoms with Crippen molar-refractivity contribution in [3.8, 4) is 0 Å². The van der Waals surface area contributed by atoms with E-state index in [2.05, 4.69) is 5.32 Å². The number of carbonyl (C=O) groups excluding carboxylic acids is 1. The van der Waals surface area contributed by atoms with Gasteiger partial charge in [-0.15, -0.1) is 0 Å². The molecule has 16 heavy (non-hydrogen) atoms. The summed E-state index contributed by atoms with van der Waals surface area (Å²) in [5.74, 6) is -0.418. The summed E-state index contributed by atoms with van der Waals surface area (Å²) < 4.78 is 17.9. The Morgan fingerprint density at radius 2 is 2.44 bits per heavy atom. The highest BCUT2D eigenvalue weighted by Crippen LogP contribution is 2.55. The molecule has 1 aromatic rings. The van der Waals surface area contributed by atoms with Gasteiger partial charge < -0.3 is 4.74 Å². The number of hydrogen-bond donors (Lipinski definition) is 1. The Labute approximate surface area is 92.6 Å². The molecule has 1 fully saturated rings. The smallest absolute Gasteiger partial charge is 0.326 e. The molecule has 1 N–H and O–H groups in total. The van der Waals surface area contributed by atoms with Crippen molar-refractivity contribution in [3.63, 3.8) is 0 Å². The lowest BCUT2D eigenvalue weighted by Crippen LogP contribution is -2.43. The molecule has 3 rings (SSSR count). The molecule has 2 aliphatic rings. The van der Waals surface area contributed by atoms with E-state index in [9.17, 15) is 9.18 Å². The highest BCUT2D eigenvalue weighted by molar-refractivity contribution is 5.87. The number of ether oxygens (including phenoxy) is 1. The summed E-state index contributed by atoms with van der Waals surface area (Å²) in [4.78, 5) is 11.6. The number of rotatable bonds is 1. The lowest BCUT2D eigenvalue weighted by molar-refractivity contribution is -0.144. The molecular formula is C12H12FNO2. The summed E-state index contributed by atoms with van der Waals surface area (Å²) in [6, 6.07) is 4.76. The number of halogens is 1. The Bertz CT molecular complexity index is 474.